The van der Waals surface area contributed by atoms with E-state index in [9.17, 15) is 0 Å². The van der Waals surface area contributed by atoms with E-state index in [0.717, 1.165) is 44.1 Å². The molecule has 0 aliphatic carbocycles. The molecule has 0 bridgehead atoms. The van der Waals surface area contributed by atoms with Crippen molar-refractivity contribution in [1.29, 1.82) is 0 Å². The zero-order chi connectivity index (χ0) is 13.0. The minimum atomic E-state index is 0.162. The zero-order valence-corrected chi connectivity index (χ0v) is 12.3. The molecule has 102 valence electrons. The van der Waals surface area contributed by atoms with Gasteiger partial charge in [-0.3, -0.25) is 0 Å². The number of hydrogen-bond acceptors (Lipinski definition) is 5. The van der Waals surface area contributed by atoms with Crippen LogP contribution in [-0.4, -0.2) is 43.7 Å². The first kappa shape index (κ1) is 13.9. The van der Waals surface area contributed by atoms with Crippen LogP contribution in [0.15, 0.2) is 0 Å². The summed E-state index contributed by atoms with van der Waals surface area (Å²) >= 11 is 1.81. The minimum Gasteiger partial charge on any atom is -0.368 e. The molecule has 5 heteroatoms. The summed E-state index contributed by atoms with van der Waals surface area (Å²) in [6.07, 6.45) is 2.37. The Labute approximate surface area is 113 Å². The summed E-state index contributed by atoms with van der Waals surface area (Å²) in [4.78, 5) is 8.48. The highest BCUT2D eigenvalue weighted by atomic mass is 32.1. The molecule has 1 aliphatic heterocycles. The van der Waals surface area contributed by atoms with Gasteiger partial charge in [0.2, 0.25) is 0 Å². The number of morpholine rings is 1. The van der Waals surface area contributed by atoms with E-state index < -0.39 is 0 Å². The summed E-state index contributed by atoms with van der Waals surface area (Å²) in [6, 6.07) is 0. The maximum Gasteiger partial charge on any atom is 0.123 e. The molecule has 1 aliphatic rings. The molecule has 1 N–H and O–H groups in total. The number of rotatable bonds is 5. The van der Waals surface area contributed by atoms with Gasteiger partial charge in [0.05, 0.1) is 12.3 Å². The number of hydrogen-bond donors (Lipinski definition) is 1. The summed E-state index contributed by atoms with van der Waals surface area (Å²) in [6.45, 7) is 5.90. The van der Waals surface area contributed by atoms with E-state index in [1.807, 2.05) is 18.4 Å². The maximum absolute atomic E-state index is 5.84. The largest absolute Gasteiger partial charge is 0.368 e. The van der Waals surface area contributed by atoms with Crippen molar-refractivity contribution in [1.82, 2.24) is 15.2 Å². The standard InChI is InChI=1S/C13H23N3OS/c1-4-5-10-12(8-14-2)18-13(15-10)11-9-16(3)6-7-17-11/h11,14H,4-9H2,1-3H3. The van der Waals surface area contributed by atoms with E-state index in [0.29, 0.717) is 0 Å². The van der Waals surface area contributed by atoms with Crippen molar-refractivity contribution < 1.29 is 4.74 Å². The van der Waals surface area contributed by atoms with Crippen molar-refractivity contribution in [3.8, 4) is 0 Å². The van der Waals surface area contributed by atoms with Crippen molar-refractivity contribution >= 4 is 11.3 Å². The van der Waals surface area contributed by atoms with E-state index in [1.54, 1.807) is 0 Å². The fourth-order valence-corrected chi connectivity index (χ4v) is 3.36. The molecule has 1 fully saturated rings. The van der Waals surface area contributed by atoms with E-state index in [2.05, 4.69) is 24.2 Å². The van der Waals surface area contributed by atoms with Gasteiger partial charge in [0, 0.05) is 24.5 Å². The molecular formula is C13H23N3OS. The summed E-state index contributed by atoms with van der Waals surface area (Å²) in [5, 5.41) is 4.38. The highest BCUT2D eigenvalue weighted by Gasteiger charge is 2.23. The van der Waals surface area contributed by atoms with E-state index in [1.165, 1.54) is 10.6 Å². The second kappa shape index (κ2) is 6.61. The lowest BCUT2D eigenvalue weighted by molar-refractivity contribution is -0.0210. The molecule has 1 aromatic rings. The lowest BCUT2D eigenvalue weighted by atomic mass is 10.2. The third-order valence-electron chi connectivity index (χ3n) is 3.16. The molecule has 0 radical (unpaired) electrons. The molecule has 1 unspecified atom stereocenters. The Kier molecular flexibility index (Phi) is 5.12. The van der Waals surface area contributed by atoms with Gasteiger partial charge in [0.25, 0.3) is 0 Å². The Morgan fingerprint density at radius 1 is 1.56 bits per heavy atom. The van der Waals surface area contributed by atoms with Crippen LogP contribution in [0.4, 0.5) is 0 Å². The first-order chi connectivity index (χ1) is 8.74. The monoisotopic (exact) mass is 269 g/mol. The summed E-state index contributed by atoms with van der Waals surface area (Å²) < 4.78 is 5.84. The van der Waals surface area contributed by atoms with Gasteiger partial charge in [-0.2, -0.15) is 0 Å². The third kappa shape index (κ3) is 3.29. The van der Waals surface area contributed by atoms with Gasteiger partial charge in [0.15, 0.2) is 0 Å². The Hall–Kier alpha value is -0.490. The van der Waals surface area contributed by atoms with Gasteiger partial charge in [0.1, 0.15) is 11.1 Å². The second-order valence-electron chi connectivity index (χ2n) is 4.82. The molecule has 2 rings (SSSR count). The van der Waals surface area contributed by atoms with E-state index in [4.69, 9.17) is 9.72 Å². The number of ether oxygens (including phenoxy) is 1. The van der Waals surface area contributed by atoms with Crippen LogP contribution in [0.5, 0.6) is 0 Å². The molecule has 18 heavy (non-hydrogen) atoms. The predicted octanol–water partition coefficient (Wildman–Crippen LogP) is 1.82. The van der Waals surface area contributed by atoms with Gasteiger partial charge in [-0.05, 0) is 20.5 Å². The van der Waals surface area contributed by atoms with Crippen LogP contribution in [0.25, 0.3) is 0 Å². The number of thiazole rings is 1. The van der Waals surface area contributed by atoms with Crippen molar-refractivity contribution in [2.24, 2.45) is 0 Å². The number of aromatic nitrogens is 1. The average molecular weight is 269 g/mol. The van der Waals surface area contributed by atoms with Gasteiger partial charge in [-0.25, -0.2) is 4.98 Å². The first-order valence-electron chi connectivity index (χ1n) is 6.67. The van der Waals surface area contributed by atoms with Crippen molar-refractivity contribution in [2.45, 2.75) is 32.4 Å². The molecule has 4 nitrogen and oxygen atoms in total. The molecule has 1 saturated heterocycles. The fourth-order valence-electron chi connectivity index (χ4n) is 2.20. The van der Waals surface area contributed by atoms with E-state index >= 15 is 0 Å². The quantitative estimate of drug-likeness (QED) is 0.885. The normalized spacial score (nSPS) is 21.4. The fraction of sp³-hybridized carbons (Fsp3) is 0.769. The molecule has 0 amide bonds. The average Bonchev–Trinajstić information content (AvgIpc) is 2.74. The Bertz CT molecular complexity index is 357. The third-order valence-corrected chi connectivity index (χ3v) is 4.35. The topological polar surface area (TPSA) is 37.4 Å². The summed E-state index contributed by atoms with van der Waals surface area (Å²) in [7, 11) is 4.13. The number of aryl methyl sites for hydroxylation is 1. The Morgan fingerprint density at radius 2 is 2.39 bits per heavy atom. The van der Waals surface area contributed by atoms with Crippen LogP contribution in [0.1, 0.15) is 35.0 Å². The number of nitrogens with zero attached hydrogens (tertiary/aromatic N) is 2. The van der Waals surface area contributed by atoms with Crippen LogP contribution >= 0.6 is 11.3 Å². The minimum absolute atomic E-state index is 0.162. The smallest absolute Gasteiger partial charge is 0.123 e. The second-order valence-corrected chi connectivity index (χ2v) is 5.94. The molecule has 0 saturated carbocycles. The van der Waals surface area contributed by atoms with E-state index in [-0.39, 0.29) is 6.10 Å². The zero-order valence-electron chi connectivity index (χ0n) is 11.5. The highest BCUT2D eigenvalue weighted by molar-refractivity contribution is 7.11. The van der Waals surface area contributed by atoms with Gasteiger partial charge in [-0.1, -0.05) is 13.3 Å². The summed E-state index contributed by atoms with van der Waals surface area (Å²) in [5.41, 5.74) is 1.25. The van der Waals surface area contributed by atoms with Crippen LogP contribution in [0.3, 0.4) is 0 Å². The number of likely N-dealkylation sites (N-methyl/N-ethyl adjacent to an activating group) is 1. The Balaban J connectivity index is 2.14. The van der Waals surface area contributed by atoms with Crippen molar-refractivity contribution in [2.75, 3.05) is 33.8 Å². The van der Waals surface area contributed by atoms with Crippen LogP contribution in [0.2, 0.25) is 0 Å². The van der Waals surface area contributed by atoms with Gasteiger partial charge < -0.3 is 15.0 Å². The molecule has 0 aromatic carbocycles. The lowest BCUT2D eigenvalue weighted by Gasteiger charge is -2.28. The maximum atomic E-state index is 5.84. The number of nitrogens with one attached hydrogen (secondary N) is 1. The van der Waals surface area contributed by atoms with Crippen LogP contribution in [0, 0.1) is 0 Å². The molecule has 0 spiro atoms. The van der Waals surface area contributed by atoms with Crippen molar-refractivity contribution in [3.05, 3.63) is 15.6 Å². The lowest BCUT2D eigenvalue weighted by Crippen LogP contribution is -2.35. The first-order valence-corrected chi connectivity index (χ1v) is 7.49. The Morgan fingerprint density at radius 3 is 3.06 bits per heavy atom. The highest BCUT2D eigenvalue weighted by Crippen LogP contribution is 2.29. The molecular weight excluding hydrogens is 246 g/mol. The molecule has 2 heterocycles. The predicted molar refractivity (Wildman–Crippen MR) is 75.1 cm³/mol. The summed E-state index contributed by atoms with van der Waals surface area (Å²) in [5.74, 6) is 0. The SMILES string of the molecule is CCCc1nc(C2CN(C)CCO2)sc1CNC. The molecule has 1 atom stereocenters. The van der Waals surface area contributed by atoms with Gasteiger partial charge >= 0.3 is 0 Å². The van der Waals surface area contributed by atoms with Crippen LogP contribution in [-0.2, 0) is 17.7 Å². The van der Waals surface area contributed by atoms with Gasteiger partial charge in [-0.15, -0.1) is 11.3 Å². The van der Waals surface area contributed by atoms with Crippen LogP contribution < -0.4 is 5.32 Å². The molecule has 1 aromatic heterocycles. The van der Waals surface area contributed by atoms with Crippen molar-refractivity contribution in [3.63, 3.8) is 0 Å².